The average molecular weight is 260 g/mol. The number of hydrogen-bond acceptors (Lipinski definition) is 1. The van der Waals surface area contributed by atoms with Crippen molar-refractivity contribution in [3.05, 3.63) is 35.9 Å². The van der Waals surface area contributed by atoms with Crippen LogP contribution in [0.3, 0.4) is 0 Å². The van der Waals surface area contributed by atoms with Gasteiger partial charge in [0, 0.05) is 19.1 Å². The number of carbonyl (C=O) groups is 1. The lowest BCUT2D eigenvalue weighted by Gasteiger charge is -2.32. The highest BCUT2D eigenvalue weighted by molar-refractivity contribution is 5.74. The summed E-state index contributed by atoms with van der Waals surface area (Å²) in [5.41, 5.74) is 1.27. The monoisotopic (exact) mass is 260 g/mol. The molecule has 2 atom stereocenters. The Hall–Kier alpha value is -1.51. The normalized spacial score (nSPS) is 20.9. The SMILES string of the molecule is CC1CCCN(C(=O)NC(C)Cc2ccccc2)C1. The van der Waals surface area contributed by atoms with Gasteiger partial charge in [0.25, 0.3) is 0 Å². The summed E-state index contributed by atoms with van der Waals surface area (Å²) in [7, 11) is 0. The summed E-state index contributed by atoms with van der Waals surface area (Å²) in [6, 6.07) is 10.6. The fraction of sp³-hybridized carbons (Fsp3) is 0.562. The maximum absolute atomic E-state index is 12.2. The largest absolute Gasteiger partial charge is 0.335 e. The van der Waals surface area contributed by atoms with Crippen molar-refractivity contribution in [2.75, 3.05) is 13.1 Å². The van der Waals surface area contributed by atoms with Gasteiger partial charge in [0.1, 0.15) is 0 Å². The van der Waals surface area contributed by atoms with E-state index in [4.69, 9.17) is 0 Å². The molecule has 2 amide bonds. The van der Waals surface area contributed by atoms with Gasteiger partial charge in [-0.1, -0.05) is 37.3 Å². The van der Waals surface area contributed by atoms with Crippen LogP contribution in [0.5, 0.6) is 0 Å². The molecule has 1 aliphatic heterocycles. The molecule has 0 radical (unpaired) electrons. The molecule has 104 valence electrons. The third-order valence-electron chi connectivity index (χ3n) is 3.70. The quantitative estimate of drug-likeness (QED) is 0.890. The van der Waals surface area contributed by atoms with Crippen LogP contribution in [-0.2, 0) is 6.42 Å². The number of piperidine rings is 1. The van der Waals surface area contributed by atoms with Crippen LogP contribution in [-0.4, -0.2) is 30.1 Å². The number of benzene rings is 1. The number of nitrogens with one attached hydrogen (secondary N) is 1. The second kappa shape index (κ2) is 6.60. The molecule has 1 aromatic rings. The number of carbonyl (C=O) groups excluding carboxylic acids is 1. The van der Waals surface area contributed by atoms with Crippen LogP contribution >= 0.6 is 0 Å². The average Bonchev–Trinajstić information content (AvgIpc) is 2.39. The molecule has 0 bridgehead atoms. The number of amides is 2. The van der Waals surface area contributed by atoms with Crippen LogP contribution in [0.2, 0.25) is 0 Å². The number of hydrogen-bond donors (Lipinski definition) is 1. The number of likely N-dealkylation sites (tertiary alicyclic amines) is 1. The van der Waals surface area contributed by atoms with Crippen molar-refractivity contribution in [1.29, 1.82) is 0 Å². The summed E-state index contributed by atoms with van der Waals surface area (Å²) >= 11 is 0. The molecular weight excluding hydrogens is 236 g/mol. The first-order valence-electron chi connectivity index (χ1n) is 7.24. The summed E-state index contributed by atoms with van der Waals surface area (Å²) in [4.78, 5) is 14.1. The van der Waals surface area contributed by atoms with Gasteiger partial charge in [0.05, 0.1) is 0 Å². The van der Waals surface area contributed by atoms with Crippen LogP contribution in [0.4, 0.5) is 4.79 Å². The predicted molar refractivity (Wildman–Crippen MR) is 78.1 cm³/mol. The molecule has 1 N–H and O–H groups in total. The molecule has 0 aliphatic carbocycles. The summed E-state index contributed by atoms with van der Waals surface area (Å²) < 4.78 is 0. The summed E-state index contributed by atoms with van der Waals surface area (Å²) in [6.45, 7) is 6.07. The van der Waals surface area contributed by atoms with E-state index in [2.05, 4.69) is 31.3 Å². The Morgan fingerprint density at radius 1 is 1.42 bits per heavy atom. The smallest absolute Gasteiger partial charge is 0.317 e. The standard InChI is InChI=1S/C16H24N2O/c1-13-7-6-10-18(12-13)16(19)17-14(2)11-15-8-4-3-5-9-15/h3-5,8-9,13-14H,6-7,10-12H2,1-2H3,(H,17,19). The molecule has 0 spiro atoms. The molecule has 1 saturated heterocycles. The van der Waals surface area contributed by atoms with E-state index < -0.39 is 0 Å². The lowest BCUT2D eigenvalue weighted by Crippen LogP contribution is -2.48. The van der Waals surface area contributed by atoms with Crippen molar-refractivity contribution >= 4 is 6.03 Å². The van der Waals surface area contributed by atoms with Crippen LogP contribution < -0.4 is 5.32 Å². The number of rotatable bonds is 3. The summed E-state index contributed by atoms with van der Waals surface area (Å²) in [5, 5.41) is 3.11. The Kier molecular flexibility index (Phi) is 4.83. The first-order valence-corrected chi connectivity index (χ1v) is 7.24. The van der Waals surface area contributed by atoms with Gasteiger partial charge in [0.2, 0.25) is 0 Å². The fourth-order valence-electron chi connectivity index (χ4n) is 2.69. The van der Waals surface area contributed by atoms with Crippen molar-refractivity contribution in [2.45, 2.75) is 39.2 Å². The molecule has 0 aromatic heterocycles. The molecule has 19 heavy (non-hydrogen) atoms. The highest BCUT2D eigenvalue weighted by Gasteiger charge is 2.21. The Balaban J connectivity index is 1.81. The lowest BCUT2D eigenvalue weighted by molar-refractivity contribution is 0.167. The van der Waals surface area contributed by atoms with E-state index in [1.165, 1.54) is 12.0 Å². The molecular formula is C16H24N2O. The van der Waals surface area contributed by atoms with E-state index in [0.29, 0.717) is 5.92 Å². The zero-order chi connectivity index (χ0) is 13.7. The topological polar surface area (TPSA) is 32.3 Å². The van der Waals surface area contributed by atoms with E-state index in [9.17, 15) is 4.79 Å². The fourth-order valence-corrected chi connectivity index (χ4v) is 2.69. The number of nitrogens with zero attached hydrogens (tertiary/aromatic N) is 1. The third-order valence-corrected chi connectivity index (χ3v) is 3.70. The second-order valence-electron chi connectivity index (χ2n) is 5.73. The van der Waals surface area contributed by atoms with Crippen LogP contribution in [0, 0.1) is 5.92 Å². The predicted octanol–water partition coefficient (Wildman–Crippen LogP) is 3.06. The minimum absolute atomic E-state index is 0.0926. The van der Waals surface area contributed by atoms with E-state index in [-0.39, 0.29) is 12.1 Å². The molecule has 1 fully saturated rings. The molecule has 2 rings (SSSR count). The van der Waals surface area contributed by atoms with Gasteiger partial charge >= 0.3 is 6.03 Å². The lowest BCUT2D eigenvalue weighted by atomic mass is 10.0. The Bertz CT molecular complexity index is 404. The van der Waals surface area contributed by atoms with Gasteiger partial charge in [-0.25, -0.2) is 4.79 Å². The molecule has 2 unspecified atom stereocenters. The van der Waals surface area contributed by atoms with E-state index in [1.807, 2.05) is 23.1 Å². The van der Waals surface area contributed by atoms with Crippen LogP contribution in [0.1, 0.15) is 32.3 Å². The van der Waals surface area contributed by atoms with Crippen molar-refractivity contribution in [2.24, 2.45) is 5.92 Å². The molecule has 1 aromatic carbocycles. The van der Waals surface area contributed by atoms with Crippen LogP contribution in [0.15, 0.2) is 30.3 Å². The molecule has 0 saturated carbocycles. The molecule has 3 nitrogen and oxygen atoms in total. The molecule has 3 heteroatoms. The van der Waals surface area contributed by atoms with E-state index in [0.717, 1.165) is 25.9 Å². The van der Waals surface area contributed by atoms with E-state index in [1.54, 1.807) is 0 Å². The highest BCUT2D eigenvalue weighted by Crippen LogP contribution is 2.15. The van der Waals surface area contributed by atoms with Gasteiger partial charge in [-0.05, 0) is 37.7 Å². The maximum Gasteiger partial charge on any atom is 0.317 e. The van der Waals surface area contributed by atoms with Crippen molar-refractivity contribution in [3.63, 3.8) is 0 Å². The molecule has 1 aliphatic rings. The Morgan fingerprint density at radius 2 is 2.16 bits per heavy atom. The molecule has 1 heterocycles. The van der Waals surface area contributed by atoms with Gasteiger partial charge in [0.15, 0.2) is 0 Å². The second-order valence-corrected chi connectivity index (χ2v) is 5.73. The van der Waals surface area contributed by atoms with Gasteiger partial charge in [-0.3, -0.25) is 0 Å². The summed E-state index contributed by atoms with van der Waals surface area (Å²) in [5.74, 6) is 0.629. The van der Waals surface area contributed by atoms with Gasteiger partial charge < -0.3 is 10.2 Å². The third kappa shape index (κ3) is 4.27. The zero-order valence-electron chi connectivity index (χ0n) is 11.9. The Morgan fingerprint density at radius 3 is 2.84 bits per heavy atom. The van der Waals surface area contributed by atoms with Gasteiger partial charge in [-0.15, -0.1) is 0 Å². The van der Waals surface area contributed by atoms with Crippen molar-refractivity contribution in [1.82, 2.24) is 10.2 Å². The highest BCUT2D eigenvalue weighted by atomic mass is 16.2. The summed E-state index contributed by atoms with van der Waals surface area (Å²) in [6.07, 6.45) is 3.25. The van der Waals surface area contributed by atoms with Crippen LogP contribution in [0.25, 0.3) is 0 Å². The minimum atomic E-state index is 0.0926. The van der Waals surface area contributed by atoms with Crippen molar-refractivity contribution in [3.8, 4) is 0 Å². The zero-order valence-corrected chi connectivity index (χ0v) is 11.9. The van der Waals surface area contributed by atoms with Gasteiger partial charge in [-0.2, -0.15) is 0 Å². The van der Waals surface area contributed by atoms with E-state index >= 15 is 0 Å². The van der Waals surface area contributed by atoms with Crippen molar-refractivity contribution < 1.29 is 4.79 Å². The number of urea groups is 1. The first-order chi connectivity index (χ1) is 9.15. The minimum Gasteiger partial charge on any atom is -0.335 e. The Labute approximate surface area is 116 Å². The first kappa shape index (κ1) is 13.9. The maximum atomic E-state index is 12.2.